The molecule has 0 radical (unpaired) electrons. The topological polar surface area (TPSA) is 21.3 Å². The van der Waals surface area contributed by atoms with Gasteiger partial charge in [0.15, 0.2) is 0 Å². The fourth-order valence-corrected chi connectivity index (χ4v) is 2.94. The Balaban J connectivity index is 1.71. The number of allylic oxidation sites excluding steroid dienone is 1. The van der Waals surface area contributed by atoms with E-state index < -0.39 is 0 Å². The van der Waals surface area contributed by atoms with Crippen molar-refractivity contribution in [1.82, 2.24) is 5.32 Å². The number of ether oxygens (including phenoxy) is 1. The summed E-state index contributed by atoms with van der Waals surface area (Å²) < 4.78 is 5.62. The molecule has 0 unspecified atom stereocenters. The molecule has 0 amide bonds. The number of rotatable bonds is 4. The highest BCUT2D eigenvalue weighted by Gasteiger charge is 2.22. The summed E-state index contributed by atoms with van der Waals surface area (Å²) >= 11 is 0. The minimum atomic E-state index is 0.475. The fourth-order valence-electron chi connectivity index (χ4n) is 2.94. The van der Waals surface area contributed by atoms with E-state index >= 15 is 0 Å². The third-order valence-electron chi connectivity index (χ3n) is 4.12. The van der Waals surface area contributed by atoms with E-state index in [2.05, 4.69) is 25.2 Å². The van der Waals surface area contributed by atoms with Crippen LogP contribution in [0.3, 0.4) is 0 Å². The molecule has 2 aliphatic rings. The van der Waals surface area contributed by atoms with Gasteiger partial charge in [0, 0.05) is 19.7 Å². The number of hydrogen-bond acceptors (Lipinski definition) is 2. The molecule has 0 bridgehead atoms. The van der Waals surface area contributed by atoms with Crippen molar-refractivity contribution >= 4 is 0 Å². The van der Waals surface area contributed by atoms with Gasteiger partial charge in [-0.1, -0.05) is 18.6 Å². The number of nitrogens with one attached hydrogen (secondary N) is 1. The van der Waals surface area contributed by atoms with Crippen LogP contribution in [0.5, 0.6) is 0 Å². The van der Waals surface area contributed by atoms with Crippen LogP contribution in [0.1, 0.15) is 39.5 Å². The van der Waals surface area contributed by atoms with E-state index in [1.807, 2.05) is 0 Å². The van der Waals surface area contributed by atoms with Crippen molar-refractivity contribution in [1.29, 1.82) is 0 Å². The third kappa shape index (κ3) is 3.08. The molecule has 2 heteroatoms. The van der Waals surface area contributed by atoms with Crippen molar-refractivity contribution in [2.75, 3.05) is 19.7 Å². The predicted molar refractivity (Wildman–Crippen MR) is 67.5 cm³/mol. The largest absolute Gasteiger partial charge is 0.377 e. The summed E-state index contributed by atoms with van der Waals surface area (Å²) in [5, 5.41) is 3.59. The zero-order valence-corrected chi connectivity index (χ0v) is 10.7. The molecule has 0 saturated carbocycles. The molecule has 0 aromatic heterocycles. The fraction of sp³-hybridized carbons (Fsp3) is 0.857. The Morgan fingerprint density at radius 3 is 2.94 bits per heavy atom. The van der Waals surface area contributed by atoms with E-state index in [1.165, 1.54) is 25.7 Å². The monoisotopic (exact) mass is 223 g/mol. The first kappa shape index (κ1) is 12.1. The van der Waals surface area contributed by atoms with E-state index in [0.717, 1.165) is 31.5 Å². The van der Waals surface area contributed by atoms with Gasteiger partial charge in [0.25, 0.3) is 0 Å². The molecule has 92 valence electrons. The van der Waals surface area contributed by atoms with Crippen molar-refractivity contribution in [3.05, 3.63) is 11.6 Å². The van der Waals surface area contributed by atoms with E-state index in [-0.39, 0.29) is 0 Å². The lowest BCUT2D eigenvalue weighted by atomic mass is 9.80. The molecule has 1 aliphatic heterocycles. The molecule has 1 aliphatic carbocycles. The Bertz CT molecular complexity index is 243. The maximum Gasteiger partial charge on any atom is 0.0700 e. The smallest absolute Gasteiger partial charge is 0.0700 e. The Hall–Kier alpha value is -0.340. The maximum atomic E-state index is 5.62. The summed E-state index contributed by atoms with van der Waals surface area (Å²) in [6.07, 6.45) is 7.99. The standard InChI is InChI=1S/C14H25NO/c1-11-5-3-6-12(2)14(11)10-15-9-13-7-4-8-16-13/h5,12-15H,3-4,6-10H2,1-2H3/t12-,13-,14+/m0/s1. The zero-order chi connectivity index (χ0) is 11.4. The lowest BCUT2D eigenvalue weighted by Gasteiger charge is -2.29. The van der Waals surface area contributed by atoms with E-state index in [4.69, 9.17) is 4.74 Å². The van der Waals surface area contributed by atoms with Gasteiger partial charge >= 0.3 is 0 Å². The van der Waals surface area contributed by atoms with Crippen LogP contribution in [0.25, 0.3) is 0 Å². The molecule has 0 aromatic carbocycles. The molecular formula is C14H25NO. The molecular weight excluding hydrogens is 198 g/mol. The average molecular weight is 223 g/mol. The van der Waals surface area contributed by atoms with Crippen molar-refractivity contribution in [3.8, 4) is 0 Å². The molecule has 0 spiro atoms. The van der Waals surface area contributed by atoms with Gasteiger partial charge in [-0.05, 0) is 44.4 Å². The van der Waals surface area contributed by atoms with Gasteiger partial charge in [0.1, 0.15) is 0 Å². The Labute approximate surface area is 99.4 Å². The van der Waals surface area contributed by atoms with Crippen LogP contribution in [0.4, 0.5) is 0 Å². The lowest BCUT2D eigenvalue weighted by Crippen LogP contribution is -2.34. The van der Waals surface area contributed by atoms with Crippen LogP contribution >= 0.6 is 0 Å². The third-order valence-corrected chi connectivity index (χ3v) is 4.12. The Kier molecular flexibility index (Phi) is 4.42. The molecule has 2 nitrogen and oxygen atoms in total. The Morgan fingerprint density at radius 1 is 1.38 bits per heavy atom. The van der Waals surface area contributed by atoms with Crippen LogP contribution in [-0.2, 0) is 4.74 Å². The normalized spacial score (nSPS) is 35.1. The molecule has 16 heavy (non-hydrogen) atoms. The minimum absolute atomic E-state index is 0.475. The van der Waals surface area contributed by atoms with Crippen molar-refractivity contribution in [2.45, 2.75) is 45.6 Å². The van der Waals surface area contributed by atoms with Crippen LogP contribution in [0, 0.1) is 11.8 Å². The highest BCUT2D eigenvalue weighted by atomic mass is 16.5. The molecule has 0 aromatic rings. The quantitative estimate of drug-likeness (QED) is 0.740. The highest BCUT2D eigenvalue weighted by molar-refractivity contribution is 5.09. The average Bonchev–Trinajstić information content (AvgIpc) is 2.75. The van der Waals surface area contributed by atoms with Gasteiger partial charge in [-0.2, -0.15) is 0 Å². The Morgan fingerprint density at radius 2 is 2.25 bits per heavy atom. The second-order valence-corrected chi connectivity index (χ2v) is 5.40. The molecule has 2 rings (SSSR count). The number of hydrogen-bond donors (Lipinski definition) is 1. The molecule has 1 fully saturated rings. The van der Waals surface area contributed by atoms with Gasteiger partial charge in [-0.15, -0.1) is 0 Å². The highest BCUT2D eigenvalue weighted by Crippen LogP contribution is 2.29. The summed E-state index contributed by atoms with van der Waals surface area (Å²) in [6, 6.07) is 0. The summed E-state index contributed by atoms with van der Waals surface area (Å²) in [5.41, 5.74) is 1.58. The van der Waals surface area contributed by atoms with Gasteiger partial charge in [0.2, 0.25) is 0 Å². The lowest BCUT2D eigenvalue weighted by molar-refractivity contribution is 0.109. The first-order valence-electron chi connectivity index (χ1n) is 6.76. The first-order chi connectivity index (χ1) is 7.77. The minimum Gasteiger partial charge on any atom is -0.377 e. The molecule has 1 saturated heterocycles. The van der Waals surface area contributed by atoms with Gasteiger partial charge in [0.05, 0.1) is 6.10 Å². The first-order valence-corrected chi connectivity index (χ1v) is 6.76. The van der Waals surface area contributed by atoms with Crippen LogP contribution in [0.2, 0.25) is 0 Å². The van der Waals surface area contributed by atoms with E-state index in [0.29, 0.717) is 6.10 Å². The summed E-state index contributed by atoms with van der Waals surface area (Å²) in [6.45, 7) is 7.80. The zero-order valence-electron chi connectivity index (χ0n) is 10.7. The van der Waals surface area contributed by atoms with Crippen molar-refractivity contribution in [2.24, 2.45) is 11.8 Å². The van der Waals surface area contributed by atoms with Gasteiger partial charge < -0.3 is 10.1 Å². The molecule has 3 atom stereocenters. The van der Waals surface area contributed by atoms with E-state index in [1.54, 1.807) is 5.57 Å². The second kappa shape index (κ2) is 5.83. The van der Waals surface area contributed by atoms with Gasteiger partial charge in [-0.25, -0.2) is 0 Å². The molecule has 1 heterocycles. The summed E-state index contributed by atoms with van der Waals surface area (Å²) in [4.78, 5) is 0. The summed E-state index contributed by atoms with van der Waals surface area (Å²) in [5.74, 6) is 1.58. The van der Waals surface area contributed by atoms with Crippen LogP contribution in [0.15, 0.2) is 11.6 Å². The predicted octanol–water partition coefficient (Wildman–Crippen LogP) is 2.75. The molecule has 1 N–H and O–H groups in total. The second-order valence-electron chi connectivity index (χ2n) is 5.40. The van der Waals surface area contributed by atoms with Crippen molar-refractivity contribution < 1.29 is 4.74 Å². The maximum absolute atomic E-state index is 5.62. The van der Waals surface area contributed by atoms with Crippen LogP contribution in [-0.4, -0.2) is 25.8 Å². The SMILES string of the molecule is CC1=CCC[C@H](C)[C@@H]1CNC[C@@H]1CCCO1. The van der Waals surface area contributed by atoms with Gasteiger partial charge in [-0.3, -0.25) is 0 Å². The van der Waals surface area contributed by atoms with E-state index in [9.17, 15) is 0 Å². The summed E-state index contributed by atoms with van der Waals surface area (Å²) in [7, 11) is 0. The van der Waals surface area contributed by atoms with Crippen LogP contribution < -0.4 is 5.32 Å². The van der Waals surface area contributed by atoms with Crippen molar-refractivity contribution in [3.63, 3.8) is 0 Å².